The molecule has 5 nitrogen and oxygen atoms in total. The van der Waals surface area contributed by atoms with Crippen molar-refractivity contribution >= 4 is 11.4 Å². The van der Waals surface area contributed by atoms with E-state index in [9.17, 15) is 10.1 Å². The molecule has 0 amide bonds. The van der Waals surface area contributed by atoms with E-state index in [1.807, 2.05) is 18.2 Å². The van der Waals surface area contributed by atoms with E-state index in [4.69, 9.17) is 5.73 Å². The number of nitro groups is 1. The summed E-state index contributed by atoms with van der Waals surface area (Å²) in [5, 5.41) is 13.9. The minimum absolute atomic E-state index is 0.0910. The zero-order valence-electron chi connectivity index (χ0n) is 11.1. The topological polar surface area (TPSA) is 81.2 Å². The van der Waals surface area contributed by atoms with Crippen molar-refractivity contribution in [1.82, 2.24) is 0 Å². The van der Waals surface area contributed by atoms with Crippen LogP contribution in [0.25, 0.3) is 0 Å². The lowest BCUT2D eigenvalue weighted by Crippen LogP contribution is -2.03. The van der Waals surface area contributed by atoms with Gasteiger partial charge in [0.15, 0.2) is 0 Å². The van der Waals surface area contributed by atoms with E-state index in [0.717, 1.165) is 17.7 Å². The number of rotatable bonds is 6. The summed E-state index contributed by atoms with van der Waals surface area (Å²) in [6.45, 7) is 1.27. The van der Waals surface area contributed by atoms with Crippen molar-refractivity contribution in [3.05, 3.63) is 69.8 Å². The number of non-ortho nitro benzene ring substituents is 1. The van der Waals surface area contributed by atoms with Crippen LogP contribution in [0.1, 0.15) is 11.1 Å². The molecule has 0 spiro atoms. The Morgan fingerprint density at radius 3 is 2.45 bits per heavy atom. The summed E-state index contributed by atoms with van der Waals surface area (Å²) in [5.74, 6) is 0. The van der Waals surface area contributed by atoms with Gasteiger partial charge in [-0.15, -0.1) is 0 Å². The van der Waals surface area contributed by atoms with Gasteiger partial charge in [0.2, 0.25) is 0 Å². The first-order valence-electron chi connectivity index (χ1n) is 6.45. The molecule has 0 fully saturated rings. The van der Waals surface area contributed by atoms with Crippen LogP contribution in [-0.4, -0.2) is 11.5 Å². The Labute approximate surface area is 117 Å². The second-order valence-electron chi connectivity index (χ2n) is 4.52. The minimum Gasteiger partial charge on any atom is -0.381 e. The molecule has 2 aromatic carbocycles. The fourth-order valence-corrected chi connectivity index (χ4v) is 1.92. The standard InChI is InChI=1S/C15H17N3O2/c16-9-8-12-4-6-13(7-5-12)11-17-14-2-1-3-15(10-14)18(19)20/h1-7,10,17H,8-9,11,16H2. The summed E-state index contributed by atoms with van der Waals surface area (Å²) in [4.78, 5) is 10.3. The maximum Gasteiger partial charge on any atom is 0.271 e. The Hall–Kier alpha value is -2.40. The smallest absolute Gasteiger partial charge is 0.271 e. The predicted octanol–water partition coefficient (Wildman–Crippen LogP) is 2.71. The number of nitrogens with zero attached hydrogens (tertiary/aromatic N) is 1. The van der Waals surface area contributed by atoms with Crippen LogP contribution >= 0.6 is 0 Å². The SMILES string of the molecule is NCCc1ccc(CNc2cccc([N+](=O)[O-])c2)cc1. The second kappa shape index (κ2) is 6.68. The molecule has 0 aliphatic heterocycles. The van der Waals surface area contributed by atoms with Crippen molar-refractivity contribution in [2.24, 2.45) is 5.73 Å². The Morgan fingerprint density at radius 1 is 1.10 bits per heavy atom. The summed E-state index contributed by atoms with van der Waals surface area (Å²) in [6, 6.07) is 14.7. The predicted molar refractivity (Wildman–Crippen MR) is 79.6 cm³/mol. The van der Waals surface area contributed by atoms with Gasteiger partial charge in [-0.3, -0.25) is 10.1 Å². The lowest BCUT2D eigenvalue weighted by molar-refractivity contribution is -0.384. The molecule has 0 heterocycles. The fraction of sp³-hybridized carbons (Fsp3) is 0.200. The van der Waals surface area contributed by atoms with Crippen molar-refractivity contribution in [3.63, 3.8) is 0 Å². The van der Waals surface area contributed by atoms with Crippen LogP contribution < -0.4 is 11.1 Å². The molecule has 5 heteroatoms. The molecule has 0 aliphatic carbocycles. The highest BCUT2D eigenvalue weighted by molar-refractivity contribution is 5.51. The van der Waals surface area contributed by atoms with Gasteiger partial charge in [-0.05, 0) is 30.2 Å². The van der Waals surface area contributed by atoms with Gasteiger partial charge in [0.05, 0.1) is 4.92 Å². The number of benzene rings is 2. The van der Waals surface area contributed by atoms with E-state index in [1.54, 1.807) is 6.07 Å². The van der Waals surface area contributed by atoms with Gasteiger partial charge in [-0.2, -0.15) is 0 Å². The highest BCUT2D eigenvalue weighted by atomic mass is 16.6. The zero-order valence-corrected chi connectivity index (χ0v) is 11.1. The van der Waals surface area contributed by atoms with Gasteiger partial charge in [0.25, 0.3) is 5.69 Å². The lowest BCUT2D eigenvalue weighted by Gasteiger charge is -2.07. The van der Waals surface area contributed by atoms with Crippen LogP contribution in [0.15, 0.2) is 48.5 Å². The molecule has 2 aromatic rings. The van der Waals surface area contributed by atoms with E-state index in [2.05, 4.69) is 17.4 Å². The third kappa shape index (κ3) is 3.80. The number of hydrogen-bond donors (Lipinski definition) is 2. The Balaban J connectivity index is 1.97. The number of hydrogen-bond acceptors (Lipinski definition) is 4. The van der Waals surface area contributed by atoms with Gasteiger partial charge in [0.1, 0.15) is 0 Å². The summed E-state index contributed by atoms with van der Waals surface area (Å²) >= 11 is 0. The summed E-state index contributed by atoms with van der Waals surface area (Å²) in [5.41, 5.74) is 8.67. The molecule has 104 valence electrons. The van der Waals surface area contributed by atoms with Crippen molar-refractivity contribution < 1.29 is 4.92 Å². The average molecular weight is 271 g/mol. The molecule has 0 atom stereocenters. The zero-order chi connectivity index (χ0) is 14.4. The molecule has 0 unspecified atom stereocenters. The molecular formula is C15H17N3O2. The van der Waals surface area contributed by atoms with Gasteiger partial charge in [-0.25, -0.2) is 0 Å². The first-order valence-corrected chi connectivity index (χ1v) is 6.45. The second-order valence-corrected chi connectivity index (χ2v) is 4.52. The molecule has 0 bridgehead atoms. The first-order chi connectivity index (χ1) is 9.69. The molecule has 0 saturated carbocycles. The highest BCUT2D eigenvalue weighted by Crippen LogP contribution is 2.17. The number of nitrogens with one attached hydrogen (secondary N) is 1. The molecule has 0 aliphatic rings. The average Bonchev–Trinajstić information content (AvgIpc) is 2.47. The molecule has 2 rings (SSSR count). The van der Waals surface area contributed by atoms with Crippen LogP contribution in [0.4, 0.5) is 11.4 Å². The third-order valence-electron chi connectivity index (χ3n) is 3.01. The van der Waals surface area contributed by atoms with Crippen LogP contribution in [0.3, 0.4) is 0 Å². The Morgan fingerprint density at radius 2 is 1.80 bits per heavy atom. The molecule has 3 N–H and O–H groups in total. The molecule has 0 aromatic heterocycles. The fourth-order valence-electron chi connectivity index (χ4n) is 1.92. The lowest BCUT2D eigenvalue weighted by atomic mass is 10.1. The van der Waals surface area contributed by atoms with E-state index in [0.29, 0.717) is 13.1 Å². The monoisotopic (exact) mass is 271 g/mol. The Kier molecular flexibility index (Phi) is 4.68. The maximum atomic E-state index is 10.7. The number of anilines is 1. The molecule has 20 heavy (non-hydrogen) atoms. The van der Waals surface area contributed by atoms with E-state index >= 15 is 0 Å². The minimum atomic E-state index is -0.396. The molecule has 0 radical (unpaired) electrons. The summed E-state index contributed by atoms with van der Waals surface area (Å²) in [6.07, 6.45) is 0.874. The molecule has 0 saturated heterocycles. The van der Waals surface area contributed by atoms with Gasteiger partial charge < -0.3 is 11.1 Å². The van der Waals surface area contributed by atoms with Gasteiger partial charge in [0, 0.05) is 24.4 Å². The van der Waals surface area contributed by atoms with Crippen LogP contribution in [-0.2, 0) is 13.0 Å². The summed E-state index contributed by atoms with van der Waals surface area (Å²) < 4.78 is 0. The molecular weight excluding hydrogens is 254 g/mol. The largest absolute Gasteiger partial charge is 0.381 e. The van der Waals surface area contributed by atoms with E-state index in [-0.39, 0.29) is 5.69 Å². The van der Waals surface area contributed by atoms with Crippen molar-refractivity contribution in [3.8, 4) is 0 Å². The quantitative estimate of drug-likeness (QED) is 0.625. The van der Waals surface area contributed by atoms with Crippen LogP contribution in [0, 0.1) is 10.1 Å². The number of nitrogens with two attached hydrogens (primary N) is 1. The normalized spacial score (nSPS) is 10.2. The maximum absolute atomic E-state index is 10.7. The van der Waals surface area contributed by atoms with Crippen LogP contribution in [0.2, 0.25) is 0 Å². The van der Waals surface area contributed by atoms with Crippen molar-refractivity contribution in [2.75, 3.05) is 11.9 Å². The Bertz CT molecular complexity index is 582. The first kappa shape index (κ1) is 14.0. The van der Waals surface area contributed by atoms with Gasteiger partial charge >= 0.3 is 0 Å². The van der Waals surface area contributed by atoms with Crippen molar-refractivity contribution in [2.45, 2.75) is 13.0 Å². The third-order valence-corrected chi connectivity index (χ3v) is 3.01. The van der Waals surface area contributed by atoms with Gasteiger partial charge in [-0.1, -0.05) is 30.3 Å². The van der Waals surface area contributed by atoms with E-state index in [1.165, 1.54) is 17.7 Å². The number of nitro benzene ring substituents is 1. The highest BCUT2D eigenvalue weighted by Gasteiger charge is 2.05. The summed E-state index contributed by atoms with van der Waals surface area (Å²) in [7, 11) is 0. The van der Waals surface area contributed by atoms with E-state index < -0.39 is 4.92 Å². The van der Waals surface area contributed by atoms with Crippen LogP contribution in [0.5, 0.6) is 0 Å². The van der Waals surface area contributed by atoms with Crippen molar-refractivity contribution in [1.29, 1.82) is 0 Å².